The number of carbonyl (C=O) groups excluding carboxylic acids is 1. The summed E-state index contributed by atoms with van der Waals surface area (Å²) in [6, 6.07) is 5.98. The predicted octanol–water partition coefficient (Wildman–Crippen LogP) is 3.64. The lowest BCUT2D eigenvalue weighted by Crippen LogP contribution is -2.36. The van der Waals surface area contributed by atoms with Crippen LogP contribution in [0.15, 0.2) is 18.2 Å². The Morgan fingerprint density at radius 1 is 1.43 bits per heavy atom. The number of hydrogen-bond acceptors (Lipinski definition) is 3. The van der Waals surface area contributed by atoms with Crippen LogP contribution in [0.1, 0.15) is 69.4 Å². The average molecular weight is 291 g/mol. The van der Waals surface area contributed by atoms with E-state index in [1.54, 1.807) is 6.92 Å². The molecule has 1 aliphatic rings. The van der Waals surface area contributed by atoms with Gasteiger partial charge in [0.1, 0.15) is 5.60 Å². The summed E-state index contributed by atoms with van der Waals surface area (Å²) in [5.41, 5.74) is 2.78. The molecule has 116 valence electrons. The first kappa shape index (κ1) is 15.8. The molecule has 1 aromatic carbocycles. The fourth-order valence-electron chi connectivity index (χ4n) is 2.69. The monoisotopic (exact) mass is 291 g/mol. The Labute approximate surface area is 126 Å². The van der Waals surface area contributed by atoms with Gasteiger partial charge < -0.3 is 15.2 Å². The lowest BCUT2D eigenvalue weighted by atomic mass is 9.86. The molecule has 0 saturated heterocycles. The highest BCUT2D eigenvalue weighted by atomic mass is 16.6. The van der Waals surface area contributed by atoms with E-state index in [2.05, 4.69) is 5.32 Å². The van der Waals surface area contributed by atoms with Crippen LogP contribution in [-0.2, 0) is 11.2 Å². The van der Waals surface area contributed by atoms with Gasteiger partial charge in [-0.2, -0.15) is 0 Å². The number of ether oxygens (including phenoxy) is 1. The summed E-state index contributed by atoms with van der Waals surface area (Å²) in [7, 11) is 0. The lowest BCUT2D eigenvalue weighted by molar-refractivity contribution is 0.0498. The van der Waals surface area contributed by atoms with Crippen LogP contribution in [0.3, 0.4) is 0 Å². The number of aliphatic hydroxyl groups is 1. The number of aliphatic hydroxyl groups excluding tert-OH is 1. The molecule has 1 aliphatic carbocycles. The van der Waals surface area contributed by atoms with Gasteiger partial charge in [-0.3, -0.25) is 0 Å². The van der Waals surface area contributed by atoms with Crippen molar-refractivity contribution in [3.63, 3.8) is 0 Å². The molecule has 0 aromatic heterocycles. The maximum absolute atomic E-state index is 11.9. The maximum atomic E-state index is 11.9. The van der Waals surface area contributed by atoms with E-state index < -0.39 is 11.7 Å². The molecule has 0 radical (unpaired) electrons. The first-order valence-corrected chi connectivity index (χ1v) is 7.56. The lowest BCUT2D eigenvalue weighted by Gasteiger charge is -2.28. The molecule has 4 heteroatoms. The van der Waals surface area contributed by atoms with Gasteiger partial charge >= 0.3 is 6.09 Å². The van der Waals surface area contributed by atoms with E-state index in [4.69, 9.17) is 4.74 Å². The van der Waals surface area contributed by atoms with Gasteiger partial charge in [-0.25, -0.2) is 4.79 Å². The van der Waals surface area contributed by atoms with Gasteiger partial charge in [0.15, 0.2) is 0 Å². The SMILES string of the molecule is C[C@@H](O)c1ccc2c(c1)CCC[C@@H]2NC(=O)OC(C)(C)C. The van der Waals surface area contributed by atoms with Crippen LogP contribution >= 0.6 is 0 Å². The standard InChI is InChI=1S/C17H25NO3/c1-11(19)12-8-9-14-13(10-12)6-5-7-15(14)18-16(20)21-17(2,3)4/h8-11,15,19H,5-7H2,1-4H3,(H,18,20)/t11-,15+/m1/s1. The summed E-state index contributed by atoms with van der Waals surface area (Å²) in [4.78, 5) is 11.9. The van der Waals surface area contributed by atoms with Gasteiger partial charge in [-0.05, 0) is 63.6 Å². The highest BCUT2D eigenvalue weighted by molar-refractivity contribution is 5.68. The summed E-state index contributed by atoms with van der Waals surface area (Å²) >= 11 is 0. The molecule has 0 aliphatic heterocycles. The normalized spacial score (nSPS) is 19.6. The zero-order valence-corrected chi connectivity index (χ0v) is 13.3. The van der Waals surface area contributed by atoms with Crippen molar-refractivity contribution in [1.82, 2.24) is 5.32 Å². The number of amides is 1. The van der Waals surface area contributed by atoms with Gasteiger partial charge in [-0.15, -0.1) is 0 Å². The molecule has 0 heterocycles. The molecule has 4 nitrogen and oxygen atoms in total. The molecule has 0 saturated carbocycles. The largest absolute Gasteiger partial charge is 0.444 e. The van der Waals surface area contributed by atoms with E-state index in [9.17, 15) is 9.90 Å². The zero-order valence-electron chi connectivity index (χ0n) is 13.3. The van der Waals surface area contributed by atoms with Crippen molar-refractivity contribution in [2.75, 3.05) is 0 Å². The fourth-order valence-corrected chi connectivity index (χ4v) is 2.69. The predicted molar refractivity (Wildman–Crippen MR) is 82.1 cm³/mol. The first-order valence-electron chi connectivity index (χ1n) is 7.56. The highest BCUT2D eigenvalue weighted by Crippen LogP contribution is 2.31. The minimum atomic E-state index is -0.488. The second kappa shape index (κ2) is 6.06. The number of benzene rings is 1. The summed E-state index contributed by atoms with van der Waals surface area (Å²) in [6.07, 6.45) is 2.09. The molecular weight excluding hydrogens is 266 g/mol. The highest BCUT2D eigenvalue weighted by Gasteiger charge is 2.25. The van der Waals surface area contributed by atoms with Crippen LogP contribution < -0.4 is 5.32 Å². The van der Waals surface area contributed by atoms with Gasteiger partial charge in [0, 0.05) is 0 Å². The Kier molecular flexibility index (Phi) is 4.57. The number of hydrogen-bond donors (Lipinski definition) is 2. The summed E-state index contributed by atoms with van der Waals surface area (Å²) in [6.45, 7) is 7.34. The second-order valence-electron chi connectivity index (χ2n) is 6.73. The molecular formula is C17H25NO3. The average Bonchev–Trinajstić information content (AvgIpc) is 2.36. The second-order valence-corrected chi connectivity index (χ2v) is 6.73. The van der Waals surface area contributed by atoms with Crippen molar-refractivity contribution in [2.45, 2.75) is 64.7 Å². The molecule has 21 heavy (non-hydrogen) atoms. The molecule has 0 fully saturated rings. The van der Waals surface area contributed by atoms with Crippen molar-refractivity contribution in [2.24, 2.45) is 0 Å². The van der Waals surface area contributed by atoms with E-state index in [0.717, 1.165) is 30.4 Å². The van der Waals surface area contributed by atoms with Crippen molar-refractivity contribution >= 4 is 6.09 Å². The number of carbonyl (C=O) groups is 1. The van der Waals surface area contributed by atoms with Gasteiger partial charge in [0.2, 0.25) is 0 Å². The number of rotatable bonds is 2. The van der Waals surface area contributed by atoms with Crippen molar-refractivity contribution < 1.29 is 14.6 Å². The molecule has 0 bridgehead atoms. The molecule has 1 amide bonds. The minimum Gasteiger partial charge on any atom is -0.444 e. The Morgan fingerprint density at radius 3 is 2.76 bits per heavy atom. The van der Waals surface area contributed by atoms with Gasteiger partial charge in [0.25, 0.3) is 0 Å². The van der Waals surface area contributed by atoms with Crippen LogP contribution in [0.25, 0.3) is 0 Å². The summed E-state index contributed by atoms with van der Waals surface area (Å²) in [5, 5.41) is 12.6. The number of alkyl carbamates (subject to hydrolysis) is 1. The van der Waals surface area contributed by atoms with Crippen LogP contribution in [0.4, 0.5) is 4.79 Å². The maximum Gasteiger partial charge on any atom is 0.408 e. The molecule has 0 unspecified atom stereocenters. The summed E-state index contributed by atoms with van der Waals surface area (Å²) < 4.78 is 5.33. The Bertz CT molecular complexity index is 517. The van der Waals surface area contributed by atoms with Crippen molar-refractivity contribution in [3.05, 3.63) is 34.9 Å². The quantitative estimate of drug-likeness (QED) is 0.874. The van der Waals surface area contributed by atoms with Gasteiger partial charge in [0.05, 0.1) is 12.1 Å². The third-order valence-electron chi connectivity index (χ3n) is 3.65. The summed E-state index contributed by atoms with van der Waals surface area (Å²) in [5.74, 6) is 0. The molecule has 1 aromatic rings. The zero-order chi connectivity index (χ0) is 15.6. The van der Waals surface area contributed by atoms with E-state index in [0.29, 0.717) is 0 Å². The van der Waals surface area contributed by atoms with Crippen molar-refractivity contribution in [3.8, 4) is 0 Å². The van der Waals surface area contributed by atoms with E-state index in [1.165, 1.54) is 5.56 Å². The van der Waals surface area contributed by atoms with Crippen LogP contribution in [0, 0.1) is 0 Å². The van der Waals surface area contributed by atoms with E-state index in [-0.39, 0.29) is 12.1 Å². The topological polar surface area (TPSA) is 58.6 Å². The smallest absolute Gasteiger partial charge is 0.408 e. The van der Waals surface area contributed by atoms with Crippen molar-refractivity contribution in [1.29, 1.82) is 0 Å². The molecule has 2 atom stereocenters. The molecule has 2 N–H and O–H groups in total. The Morgan fingerprint density at radius 2 is 2.14 bits per heavy atom. The number of nitrogens with one attached hydrogen (secondary N) is 1. The first-order chi connectivity index (χ1) is 9.76. The number of aryl methyl sites for hydroxylation is 1. The van der Waals surface area contributed by atoms with E-state index in [1.807, 2.05) is 39.0 Å². The van der Waals surface area contributed by atoms with E-state index >= 15 is 0 Å². The van der Waals surface area contributed by atoms with Crippen LogP contribution in [0.5, 0.6) is 0 Å². The van der Waals surface area contributed by atoms with Crippen LogP contribution in [-0.4, -0.2) is 16.8 Å². The molecule has 0 spiro atoms. The minimum absolute atomic E-state index is 0.00773. The third-order valence-corrected chi connectivity index (χ3v) is 3.65. The third kappa shape index (κ3) is 4.21. The Hall–Kier alpha value is -1.55. The Balaban J connectivity index is 2.13. The fraction of sp³-hybridized carbons (Fsp3) is 0.588. The number of fused-ring (bicyclic) bond motifs is 1. The van der Waals surface area contributed by atoms with Crippen LogP contribution in [0.2, 0.25) is 0 Å². The van der Waals surface area contributed by atoms with Gasteiger partial charge in [-0.1, -0.05) is 18.2 Å². The molecule has 2 rings (SSSR count).